The molecule has 2 aliphatic carbocycles. The summed E-state index contributed by atoms with van der Waals surface area (Å²) in [5, 5.41) is 0. The minimum atomic E-state index is -4.03. The number of rotatable bonds is 3. The second kappa shape index (κ2) is 4.22. The molecule has 0 radical (unpaired) electrons. The average molecular weight is 320 g/mol. The summed E-state index contributed by atoms with van der Waals surface area (Å²) >= 11 is 0. The van der Waals surface area contributed by atoms with Crippen LogP contribution in [0.15, 0.2) is 42.5 Å². The van der Waals surface area contributed by atoms with Crippen LogP contribution in [0, 0.1) is 10.8 Å². The molecule has 2 atom stereocenters. The molecule has 2 bridgehead atoms. The zero-order chi connectivity index (χ0) is 16.4. The molecule has 0 amide bonds. The van der Waals surface area contributed by atoms with E-state index in [4.69, 9.17) is 4.18 Å². The minimum absolute atomic E-state index is 0.149. The Hall–Kier alpha value is -1.62. The molecule has 2 fully saturated rings. The van der Waals surface area contributed by atoms with Crippen molar-refractivity contribution in [3.05, 3.63) is 42.5 Å². The highest BCUT2D eigenvalue weighted by molar-refractivity contribution is 7.89. The highest BCUT2D eigenvalue weighted by Gasteiger charge is 2.77. The van der Waals surface area contributed by atoms with E-state index in [1.807, 2.05) is 20.8 Å². The van der Waals surface area contributed by atoms with Crippen molar-refractivity contribution >= 4 is 15.9 Å². The standard InChI is InChI=1S/C17H20O4S/c1-12-14(18)16(4)10-11-17(12,15(16,2)3)22(19,20)21-13-8-6-5-7-9-13/h5-9H,1,10-11H2,2-4H3. The van der Waals surface area contributed by atoms with Gasteiger partial charge in [-0.05, 0) is 25.0 Å². The van der Waals surface area contributed by atoms with Crippen LogP contribution in [0.4, 0.5) is 0 Å². The number of Topliss-reactive ketones (excluding diaryl/α,β-unsaturated/α-hetero) is 1. The van der Waals surface area contributed by atoms with Gasteiger partial charge in [-0.1, -0.05) is 45.5 Å². The van der Waals surface area contributed by atoms with E-state index in [0.717, 1.165) is 0 Å². The molecule has 0 aliphatic heterocycles. The van der Waals surface area contributed by atoms with E-state index in [2.05, 4.69) is 6.58 Å². The normalized spacial score (nSPS) is 33.2. The van der Waals surface area contributed by atoms with Crippen molar-refractivity contribution in [1.29, 1.82) is 0 Å². The summed E-state index contributed by atoms with van der Waals surface area (Å²) in [5.74, 6) is 0.109. The maximum absolute atomic E-state index is 13.1. The van der Waals surface area contributed by atoms with Crippen molar-refractivity contribution in [2.45, 2.75) is 38.4 Å². The predicted octanol–water partition coefficient (Wildman–Crippen LogP) is 3.10. The van der Waals surface area contributed by atoms with Crippen LogP contribution in [-0.4, -0.2) is 18.9 Å². The summed E-state index contributed by atoms with van der Waals surface area (Å²) in [5.41, 5.74) is -1.28. The van der Waals surface area contributed by atoms with E-state index < -0.39 is 25.7 Å². The molecule has 1 aromatic carbocycles. The predicted molar refractivity (Wildman–Crippen MR) is 84.0 cm³/mol. The topological polar surface area (TPSA) is 60.4 Å². The highest BCUT2D eigenvalue weighted by Crippen LogP contribution is 2.70. The molecular weight excluding hydrogens is 300 g/mol. The summed E-state index contributed by atoms with van der Waals surface area (Å²) in [7, 11) is -4.03. The molecular formula is C17H20O4S. The Morgan fingerprint density at radius 1 is 1.09 bits per heavy atom. The zero-order valence-electron chi connectivity index (χ0n) is 13.0. The molecule has 0 spiro atoms. The van der Waals surface area contributed by atoms with Gasteiger partial charge in [0.1, 0.15) is 10.5 Å². The molecule has 2 saturated carbocycles. The quantitative estimate of drug-likeness (QED) is 0.634. The monoisotopic (exact) mass is 320 g/mol. The average Bonchev–Trinajstić information content (AvgIpc) is 2.72. The third-order valence-corrected chi connectivity index (χ3v) is 8.23. The number of hydrogen-bond donors (Lipinski definition) is 0. The van der Waals surface area contributed by atoms with Gasteiger partial charge >= 0.3 is 10.1 Å². The molecule has 3 rings (SSSR count). The molecule has 0 saturated heterocycles. The van der Waals surface area contributed by atoms with Crippen LogP contribution in [0.5, 0.6) is 5.75 Å². The van der Waals surface area contributed by atoms with Gasteiger partial charge in [-0.2, -0.15) is 8.42 Å². The van der Waals surface area contributed by atoms with E-state index in [0.29, 0.717) is 12.8 Å². The zero-order valence-corrected chi connectivity index (χ0v) is 13.9. The molecule has 22 heavy (non-hydrogen) atoms. The Labute approximate surface area is 131 Å². The number of fused-ring (bicyclic) bond motifs is 2. The summed E-state index contributed by atoms with van der Waals surface area (Å²) in [6.07, 6.45) is 0.908. The second-order valence-electron chi connectivity index (χ2n) is 6.94. The maximum Gasteiger partial charge on any atom is 0.319 e. The largest absolute Gasteiger partial charge is 0.382 e. The number of para-hydroxylation sites is 1. The Balaban J connectivity index is 2.14. The smallest absolute Gasteiger partial charge is 0.319 e. The van der Waals surface area contributed by atoms with Gasteiger partial charge in [0.25, 0.3) is 0 Å². The third-order valence-electron chi connectivity index (χ3n) is 6.00. The van der Waals surface area contributed by atoms with Gasteiger partial charge in [-0.25, -0.2) is 0 Å². The number of carbonyl (C=O) groups is 1. The Bertz CT molecular complexity index is 763. The molecule has 2 aliphatic rings. The van der Waals surface area contributed by atoms with Crippen LogP contribution in [-0.2, 0) is 14.9 Å². The van der Waals surface area contributed by atoms with E-state index in [-0.39, 0.29) is 17.1 Å². The van der Waals surface area contributed by atoms with Crippen molar-refractivity contribution in [3.8, 4) is 5.75 Å². The number of benzene rings is 1. The Morgan fingerprint density at radius 3 is 2.18 bits per heavy atom. The fourth-order valence-corrected chi connectivity index (χ4v) is 6.30. The van der Waals surface area contributed by atoms with Crippen LogP contribution in [0.3, 0.4) is 0 Å². The Kier molecular flexibility index (Phi) is 2.93. The summed E-state index contributed by atoms with van der Waals surface area (Å²) in [6.45, 7) is 9.34. The van der Waals surface area contributed by atoms with Crippen LogP contribution < -0.4 is 4.18 Å². The lowest BCUT2D eigenvalue weighted by atomic mass is 9.70. The minimum Gasteiger partial charge on any atom is -0.382 e. The SMILES string of the molecule is C=C1C(=O)C2(C)CCC1(S(=O)(=O)Oc1ccccc1)C2(C)C. The van der Waals surface area contributed by atoms with Gasteiger partial charge < -0.3 is 4.18 Å². The van der Waals surface area contributed by atoms with Crippen molar-refractivity contribution in [1.82, 2.24) is 0 Å². The molecule has 0 aromatic heterocycles. The summed E-state index contributed by atoms with van der Waals surface area (Å²) in [4.78, 5) is 12.6. The number of hydrogen-bond acceptors (Lipinski definition) is 4. The second-order valence-corrected chi connectivity index (χ2v) is 8.71. The first-order chi connectivity index (χ1) is 10.1. The molecule has 0 N–H and O–H groups in total. The highest BCUT2D eigenvalue weighted by atomic mass is 32.2. The fourth-order valence-electron chi connectivity index (χ4n) is 4.20. The van der Waals surface area contributed by atoms with Gasteiger partial charge in [0.2, 0.25) is 0 Å². The van der Waals surface area contributed by atoms with E-state index in [1.165, 1.54) is 0 Å². The van der Waals surface area contributed by atoms with Crippen LogP contribution in [0.1, 0.15) is 33.6 Å². The number of carbonyl (C=O) groups excluding carboxylic acids is 1. The molecule has 1 aromatic rings. The first-order valence-electron chi connectivity index (χ1n) is 7.33. The first kappa shape index (κ1) is 15.3. The maximum atomic E-state index is 13.1. The lowest BCUT2D eigenvalue weighted by Crippen LogP contribution is -2.49. The van der Waals surface area contributed by atoms with Gasteiger partial charge in [0.15, 0.2) is 5.78 Å². The van der Waals surface area contributed by atoms with Gasteiger partial charge in [0.05, 0.1) is 0 Å². The lowest BCUT2D eigenvalue weighted by molar-refractivity contribution is -0.125. The van der Waals surface area contributed by atoms with Crippen LogP contribution >= 0.6 is 0 Å². The van der Waals surface area contributed by atoms with Crippen molar-refractivity contribution in [3.63, 3.8) is 0 Å². The van der Waals surface area contributed by atoms with E-state index in [1.54, 1.807) is 30.3 Å². The lowest BCUT2D eigenvalue weighted by Gasteiger charge is -2.38. The molecule has 118 valence electrons. The summed E-state index contributed by atoms with van der Waals surface area (Å²) in [6, 6.07) is 8.39. The van der Waals surface area contributed by atoms with Crippen molar-refractivity contribution in [2.75, 3.05) is 0 Å². The van der Waals surface area contributed by atoms with Crippen molar-refractivity contribution in [2.24, 2.45) is 10.8 Å². The van der Waals surface area contributed by atoms with E-state index in [9.17, 15) is 13.2 Å². The van der Waals surface area contributed by atoms with Crippen LogP contribution in [0.25, 0.3) is 0 Å². The third kappa shape index (κ3) is 1.47. The molecule has 2 unspecified atom stereocenters. The van der Waals surface area contributed by atoms with E-state index >= 15 is 0 Å². The molecule has 5 heteroatoms. The van der Waals surface area contributed by atoms with Gasteiger partial charge in [-0.3, -0.25) is 4.79 Å². The molecule has 0 heterocycles. The van der Waals surface area contributed by atoms with Gasteiger partial charge in [0, 0.05) is 16.4 Å². The molecule has 4 nitrogen and oxygen atoms in total. The first-order valence-corrected chi connectivity index (χ1v) is 8.74. The van der Waals surface area contributed by atoms with Crippen molar-refractivity contribution < 1.29 is 17.4 Å². The van der Waals surface area contributed by atoms with Crippen LogP contribution in [0.2, 0.25) is 0 Å². The summed E-state index contributed by atoms with van der Waals surface area (Å²) < 4.78 is 30.1. The van der Waals surface area contributed by atoms with Gasteiger partial charge in [-0.15, -0.1) is 0 Å². The fraction of sp³-hybridized carbons (Fsp3) is 0.471. The number of ketones is 1. The Morgan fingerprint density at radius 2 is 1.68 bits per heavy atom.